The van der Waals surface area contributed by atoms with Crippen LogP contribution < -0.4 is 10.6 Å². The second-order valence-electron chi connectivity index (χ2n) is 3.17. The summed E-state index contributed by atoms with van der Waals surface area (Å²) in [7, 11) is 0. The zero-order valence-electron chi connectivity index (χ0n) is 9.30. The first-order chi connectivity index (χ1) is 7.16. The highest BCUT2D eigenvalue weighted by atomic mass is 35.5. The van der Waals surface area contributed by atoms with Gasteiger partial charge in [-0.3, -0.25) is 4.79 Å². The molecular formula is C10H16Cl2N2OS. The summed E-state index contributed by atoms with van der Waals surface area (Å²) in [5.41, 5.74) is 0.957. The Morgan fingerprint density at radius 2 is 2.19 bits per heavy atom. The van der Waals surface area contributed by atoms with Crippen LogP contribution in [0.4, 0.5) is 0 Å². The molecule has 0 bridgehead atoms. The molecular weight excluding hydrogens is 267 g/mol. The summed E-state index contributed by atoms with van der Waals surface area (Å²) in [6.45, 7) is 6.24. The summed E-state index contributed by atoms with van der Waals surface area (Å²) < 4.78 is 0. The van der Waals surface area contributed by atoms with E-state index in [2.05, 4.69) is 10.6 Å². The Morgan fingerprint density at radius 3 is 2.69 bits per heavy atom. The zero-order valence-corrected chi connectivity index (χ0v) is 11.7. The SMILES string of the molecule is CCNCCNC(=O)c1scc(C)c1Cl.Cl. The molecule has 6 heteroatoms. The molecule has 0 aromatic carbocycles. The molecule has 1 aromatic heterocycles. The van der Waals surface area contributed by atoms with Crippen LogP contribution in [0.25, 0.3) is 0 Å². The Kier molecular flexibility index (Phi) is 7.76. The Bertz CT molecular complexity index is 342. The van der Waals surface area contributed by atoms with E-state index in [0.717, 1.165) is 18.7 Å². The van der Waals surface area contributed by atoms with E-state index < -0.39 is 0 Å². The Labute approximate surface area is 111 Å². The smallest absolute Gasteiger partial charge is 0.262 e. The minimum atomic E-state index is -0.0870. The molecule has 0 spiro atoms. The van der Waals surface area contributed by atoms with Crippen molar-refractivity contribution in [1.82, 2.24) is 10.6 Å². The van der Waals surface area contributed by atoms with Gasteiger partial charge in [0.15, 0.2) is 0 Å². The molecule has 0 saturated carbocycles. The summed E-state index contributed by atoms with van der Waals surface area (Å²) in [6.07, 6.45) is 0. The molecule has 0 unspecified atom stereocenters. The topological polar surface area (TPSA) is 41.1 Å². The van der Waals surface area contributed by atoms with Crippen molar-refractivity contribution < 1.29 is 4.79 Å². The van der Waals surface area contributed by atoms with Gasteiger partial charge in [-0.1, -0.05) is 18.5 Å². The summed E-state index contributed by atoms with van der Waals surface area (Å²) in [5.74, 6) is -0.0870. The van der Waals surface area contributed by atoms with Crippen LogP contribution in [-0.2, 0) is 0 Å². The van der Waals surface area contributed by atoms with Gasteiger partial charge >= 0.3 is 0 Å². The maximum atomic E-state index is 11.6. The first-order valence-electron chi connectivity index (χ1n) is 4.89. The minimum Gasteiger partial charge on any atom is -0.350 e. The molecule has 2 N–H and O–H groups in total. The molecule has 16 heavy (non-hydrogen) atoms. The lowest BCUT2D eigenvalue weighted by Crippen LogP contribution is -2.31. The number of amides is 1. The third-order valence-corrected chi connectivity index (χ3v) is 3.64. The van der Waals surface area contributed by atoms with Gasteiger partial charge in [0.2, 0.25) is 0 Å². The lowest BCUT2D eigenvalue weighted by molar-refractivity contribution is 0.0958. The van der Waals surface area contributed by atoms with Gasteiger partial charge in [-0.15, -0.1) is 23.7 Å². The highest BCUT2D eigenvalue weighted by molar-refractivity contribution is 7.13. The second-order valence-corrected chi connectivity index (χ2v) is 4.43. The van der Waals surface area contributed by atoms with Crippen molar-refractivity contribution in [3.63, 3.8) is 0 Å². The molecule has 0 atom stereocenters. The monoisotopic (exact) mass is 282 g/mol. The van der Waals surface area contributed by atoms with Gasteiger partial charge in [-0.25, -0.2) is 0 Å². The van der Waals surface area contributed by atoms with Crippen molar-refractivity contribution in [3.8, 4) is 0 Å². The van der Waals surface area contributed by atoms with Crippen LogP contribution >= 0.6 is 35.3 Å². The van der Waals surface area contributed by atoms with E-state index in [1.807, 2.05) is 19.2 Å². The van der Waals surface area contributed by atoms with Gasteiger partial charge in [0.25, 0.3) is 5.91 Å². The van der Waals surface area contributed by atoms with E-state index in [9.17, 15) is 4.79 Å². The van der Waals surface area contributed by atoms with Crippen molar-refractivity contribution >= 4 is 41.3 Å². The Hall–Kier alpha value is -0.290. The van der Waals surface area contributed by atoms with Gasteiger partial charge in [-0.2, -0.15) is 0 Å². The fraction of sp³-hybridized carbons (Fsp3) is 0.500. The molecule has 3 nitrogen and oxygen atoms in total. The van der Waals surface area contributed by atoms with Crippen LogP contribution in [0, 0.1) is 6.92 Å². The van der Waals surface area contributed by atoms with Gasteiger partial charge in [0.1, 0.15) is 4.88 Å². The fourth-order valence-corrected chi connectivity index (χ4v) is 2.30. The Balaban J connectivity index is 0.00000225. The second kappa shape index (κ2) is 7.90. The first-order valence-corrected chi connectivity index (χ1v) is 6.15. The van der Waals surface area contributed by atoms with E-state index in [4.69, 9.17) is 11.6 Å². The van der Waals surface area contributed by atoms with Gasteiger partial charge in [0.05, 0.1) is 5.02 Å². The number of rotatable bonds is 5. The molecule has 0 aliphatic rings. The van der Waals surface area contributed by atoms with Crippen LogP contribution in [0.2, 0.25) is 5.02 Å². The molecule has 0 aliphatic heterocycles. The molecule has 0 radical (unpaired) electrons. The summed E-state index contributed by atoms with van der Waals surface area (Å²) in [5, 5.41) is 8.40. The standard InChI is InChI=1S/C10H15ClN2OS.ClH/c1-3-12-4-5-13-10(14)9-8(11)7(2)6-15-9;/h6,12H,3-5H2,1-2H3,(H,13,14);1H. The van der Waals surface area contributed by atoms with Crippen molar-refractivity contribution in [2.45, 2.75) is 13.8 Å². The van der Waals surface area contributed by atoms with Gasteiger partial charge in [-0.05, 0) is 24.4 Å². The van der Waals surface area contributed by atoms with Crippen LogP contribution in [-0.4, -0.2) is 25.5 Å². The molecule has 1 heterocycles. The van der Waals surface area contributed by atoms with E-state index in [-0.39, 0.29) is 18.3 Å². The average Bonchev–Trinajstić information content (AvgIpc) is 2.55. The van der Waals surface area contributed by atoms with Crippen molar-refractivity contribution in [2.24, 2.45) is 0 Å². The molecule has 0 aliphatic carbocycles. The molecule has 1 amide bonds. The predicted octanol–water partition coefficient (Wildman–Crippen LogP) is 2.47. The first kappa shape index (κ1) is 15.7. The van der Waals surface area contributed by atoms with Crippen molar-refractivity contribution in [3.05, 3.63) is 20.8 Å². The quantitative estimate of drug-likeness (QED) is 0.815. The number of hydrogen-bond acceptors (Lipinski definition) is 3. The maximum absolute atomic E-state index is 11.6. The van der Waals surface area contributed by atoms with Crippen molar-refractivity contribution in [2.75, 3.05) is 19.6 Å². The summed E-state index contributed by atoms with van der Waals surface area (Å²) in [6, 6.07) is 0. The number of carbonyl (C=O) groups excluding carboxylic acids is 1. The lowest BCUT2D eigenvalue weighted by Gasteiger charge is -2.04. The predicted molar refractivity (Wildman–Crippen MR) is 72.2 cm³/mol. The minimum absolute atomic E-state index is 0. The van der Waals surface area contributed by atoms with Crippen molar-refractivity contribution in [1.29, 1.82) is 0 Å². The van der Waals surface area contributed by atoms with Gasteiger partial charge in [0, 0.05) is 13.1 Å². The highest BCUT2D eigenvalue weighted by Crippen LogP contribution is 2.26. The molecule has 0 saturated heterocycles. The normalized spacial score (nSPS) is 9.69. The third-order valence-electron chi connectivity index (χ3n) is 1.94. The van der Waals surface area contributed by atoms with E-state index >= 15 is 0 Å². The van der Waals surface area contributed by atoms with E-state index in [0.29, 0.717) is 16.4 Å². The number of nitrogens with one attached hydrogen (secondary N) is 2. The van der Waals surface area contributed by atoms with Crippen LogP contribution in [0.5, 0.6) is 0 Å². The van der Waals surface area contributed by atoms with Crippen LogP contribution in [0.15, 0.2) is 5.38 Å². The molecule has 92 valence electrons. The third kappa shape index (κ3) is 4.29. The number of carbonyl (C=O) groups is 1. The number of halogens is 2. The average molecular weight is 283 g/mol. The number of thiophene rings is 1. The highest BCUT2D eigenvalue weighted by Gasteiger charge is 2.13. The fourth-order valence-electron chi connectivity index (χ4n) is 1.10. The number of likely N-dealkylation sites (N-methyl/N-ethyl adjacent to an activating group) is 1. The van der Waals surface area contributed by atoms with Gasteiger partial charge < -0.3 is 10.6 Å². The maximum Gasteiger partial charge on any atom is 0.262 e. The number of hydrogen-bond donors (Lipinski definition) is 2. The largest absolute Gasteiger partial charge is 0.350 e. The lowest BCUT2D eigenvalue weighted by atomic mass is 10.3. The number of aryl methyl sites for hydroxylation is 1. The van der Waals surface area contributed by atoms with E-state index in [1.54, 1.807) is 0 Å². The summed E-state index contributed by atoms with van der Waals surface area (Å²) in [4.78, 5) is 12.2. The van der Waals surface area contributed by atoms with Crippen LogP contribution in [0.3, 0.4) is 0 Å². The summed E-state index contributed by atoms with van der Waals surface area (Å²) >= 11 is 7.36. The molecule has 0 fully saturated rings. The molecule has 1 aromatic rings. The van der Waals surface area contributed by atoms with E-state index in [1.165, 1.54) is 11.3 Å². The molecule has 1 rings (SSSR count). The zero-order chi connectivity index (χ0) is 11.3. The van der Waals surface area contributed by atoms with Crippen LogP contribution in [0.1, 0.15) is 22.2 Å². The Morgan fingerprint density at radius 1 is 1.50 bits per heavy atom.